The Morgan fingerprint density at radius 3 is 1.94 bits per heavy atom. The van der Waals surface area contributed by atoms with E-state index in [1.807, 2.05) is 60.7 Å². The fraction of sp³-hybridized carbons (Fsp3) is 0.423. The number of carbonyl (C=O) groups is 2. The van der Waals surface area contributed by atoms with Crippen LogP contribution in [0.3, 0.4) is 0 Å². The first-order chi connectivity index (χ1) is 17.1. The first-order valence-corrected chi connectivity index (χ1v) is 11.9. The molecule has 1 saturated carbocycles. The molecule has 9 nitrogen and oxygen atoms in total. The van der Waals surface area contributed by atoms with Crippen LogP contribution in [-0.4, -0.2) is 43.2 Å². The second-order valence-corrected chi connectivity index (χ2v) is 8.58. The Labute approximate surface area is 204 Å². The van der Waals surface area contributed by atoms with Gasteiger partial charge in [0.05, 0.1) is 13.2 Å². The Morgan fingerprint density at radius 1 is 0.857 bits per heavy atom. The van der Waals surface area contributed by atoms with E-state index < -0.39 is 18.0 Å². The number of amides is 2. The molecule has 186 valence electrons. The van der Waals surface area contributed by atoms with Crippen molar-refractivity contribution in [3.05, 3.63) is 71.8 Å². The molecular formula is C26H31N3O6. The van der Waals surface area contributed by atoms with Crippen LogP contribution in [0.1, 0.15) is 43.2 Å². The van der Waals surface area contributed by atoms with Gasteiger partial charge in [0, 0.05) is 12.8 Å². The molecule has 9 heteroatoms. The van der Waals surface area contributed by atoms with E-state index in [2.05, 4.69) is 15.6 Å². The number of nitrogens with zero attached hydrogens (tertiary/aromatic N) is 1. The normalized spacial score (nSPS) is 18.5. The molecule has 35 heavy (non-hydrogen) atoms. The molecule has 0 aromatic heterocycles. The Bertz CT molecular complexity index is 933. The number of nitrogens with one attached hydrogen (secondary N) is 2. The Hall–Kier alpha value is -3.43. The average molecular weight is 482 g/mol. The summed E-state index contributed by atoms with van der Waals surface area (Å²) in [6.07, 6.45) is 3.31. The molecule has 1 heterocycles. The van der Waals surface area contributed by atoms with Gasteiger partial charge < -0.3 is 18.9 Å². The van der Waals surface area contributed by atoms with Crippen LogP contribution in [0.4, 0.5) is 9.59 Å². The lowest BCUT2D eigenvalue weighted by atomic mass is 9.94. The molecule has 1 aliphatic heterocycles. The van der Waals surface area contributed by atoms with Crippen LogP contribution in [0.5, 0.6) is 0 Å². The first-order valence-electron chi connectivity index (χ1n) is 11.9. The summed E-state index contributed by atoms with van der Waals surface area (Å²) >= 11 is 0. The average Bonchev–Trinajstić information content (AvgIpc) is 3.28. The molecule has 1 spiro atoms. The van der Waals surface area contributed by atoms with Gasteiger partial charge in [-0.15, -0.1) is 0 Å². The van der Waals surface area contributed by atoms with E-state index in [0.29, 0.717) is 6.61 Å². The molecular weight excluding hydrogens is 450 g/mol. The van der Waals surface area contributed by atoms with Crippen molar-refractivity contribution in [2.24, 2.45) is 4.99 Å². The highest BCUT2D eigenvalue weighted by atomic mass is 16.7. The van der Waals surface area contributed by atoms with Gasteiger partial charge >= 0.3 is 12.2 Å². The Kier molecular flexibility index (Phi) is 8.69. The van der Waals surface area contributed by atoms with Gasteiger partial charge in [-0.2, -0.15) is 0 Å². The van der Waals surface area contributed by atoms with Crippen LogP contribution in [0, 0.1) is 0 Å². The summed E-state index contributed by atoms with van der Waals surface area (Å²) in [6, 6.07) is 18.6. The topological polar surface area (TPSA) is 107 Å². The van der Waals surface area contributed by atoms with Gasteiger partial charge in [-0.05, 0) is 24.0 Å². The third-order valence-corrected chi connectivity index (χ3v) is 5.85. The van der Waals surface area contributed by atoms with Crippen LogP contribution in [0.15, 0.2) is 65.7 Å². The third kappa shape index (κ3) is 7.80. The standard InChI is InChI=1S/C26H31N3O6/c30-24(32-17-20-10-4-1-5-11-20)28-23(29-25(31)33-18-21-12-6-2-7-13-21)27-16-22-19-34-26(35-22)14-8-3-9-15-26/h1-2,4-7,10-13,22H,3,8-9,14-19H2,(H2,27,28,29,30,31). The minimum absolute atomic E-state index is 0.0747. The van der Waals surface area contributed by atoms with Crippen molar-refractivity contribution >= 4 is 18.1 Å². The van der Waals surface area contributed by atoms with Gasteiger partial charge in [0.1, 0.15) is 19.3 Å². The zero-order chi connectivity index (χ0) is 24.3. The highest BCUT2D eigenvalue weighted by Gasteiger charge is 2.42. The number of guanidine groups is 1. The molecule has 0 radical (unpaired) electrons. The van der Waals surface area contributed by atoms with Gasteiger partial charge in [-0.1, -0.05) is 67.1 Å². The second-order valence-electron chi connectivity index (χ2n) is 8.58. The van der Waals surface area contributed by atoms with Crippen LogP contribution in [-0.2, 0) is 32.2 Å². The molecule has 4 rings (SSSR count). The quantitative estimate of drug-likeness (QED) is 0.471. The molecule has 1 saturated heterocycles. The van der Waals surface area contributed by atoms with Crippen LogP contribution < -0.4 is 10.6 Å². The lowest BCUT2D eigenvalue weighted by Gasteiger charge is -2.31. The smallest absolute Gasteiger partial charge is 0.414 e. The van der Waals surface area contributed by atoms with Crippen molar-refractivity contribution in [1.29, 1.82) is 0 Å². The lowest BCUT2D eigenvalue weighted by Crippen LogP contribution is -2.44. The number of benzene rings is 2. The maximum Gasteiger partial charge on any atom is 0.414 e. The zero-order valence-corrected chi connectivity index (χ0v) is 19.6. The van der Waals surface area contributed by atoms with Crippen molar-refractivity contribution in [3.8, 4) is 0 Å². The molecule has 2 aromatic rings. The number of ether oxygens (including phenoxy) is 4. The predicted molar refractivity (Wildman–Crippen MR) is 128 cm³/mol. The van der Waals surface area contributed by atoms with Gasteiger partial charge in [-0.25, -0.2) is 14.6 Å². The molecule has 2 aliphatic rings. The summed E-state index contributed by atoms with van der Waals surface area (Å²) in [5, 5.41) is 4.98. The summed E-state index contributed by atoms with van der Waals surface area (Å²) in [5.74, 6) is -0.600. The van der Waals surface area contributed by atoms with Crippen LogP contribution >= 0.6 is 0 Å². The fourth-order valence-electron chi connectivity index (χ4n) is 4.07. The molecule has 2 N–H and O–H groups in total. The van der Waals surface area contributed by atoms with Crippen LogP contribution in [0.2, 0.25) is 0 Å². The van der Waals surface area contributed by atoms with Crippen molar-refractivity contribution < 1.29 is 28.5 Å². The van der Waals surface area contributed by atoms with E-state index in [-0.39, 0.29) is 31.8 Å². The third-order valence-electron chi connectivity index (χ3n) is 5.85. The summed E-state index contributed by atoms with van der Waals surface area (Å²) in [7, 11) is 0. The maximum absolute atomic E-state index is 12.4. The number of alkyl carbamates (subject to hydrolysis) is 2. The van der Waals surface area contributed by atoms with Crippen molar-refractivity contribution in [2.45, 2.75) is 57.2 Å². The summed E-state index contributed by atoms with van der Waals surface area (Å²) in [5.41, 5.74) is 1.68. The summed E-state index contributed by atoms with van der Waals surface area (Å²) in [6.45, 7) is 0.781. The monoisotopic (exact) mass is 481 g/mol. The summed E-state index contributed by atoms with van der Waals surface area (Å²) in [4.78, 5) is 29.1. The molecule has 1 aliphatic carbocycles. The molecule has 1 atom stereocenters. The minimum atomic E-state index is -0.747. The van der Waals surface area contributed by atoms with Crippen molar-refractivity contribution in [2.75, 3.05) is 13.2 Å². The highest BCUT2D eigenvalue weighted by Crippen LogP contribution is 2.37. The van der Waals surface area contributed by atoms with Gasteiger partial charge in [0.25, 0.3) is 0 Å². The minimum Gasteiger partial charge on any atom is -0.444 e. The molecule has 2 aromatic carbocycles. The number of aliphatic imine (C=N–C) groups is 1. The molecule has 1 unspecified atom stereocenters. The van der Waals surface area contributed by atoms with E-state index in [1.54, 1.807) is 0 Å². The first kappa shape index (κ1) is 24.7. The zero-order valence-electron chi connectivity index (χ0n) is 19.6. The molecule has 2 fully saturated rings. The lowest BCUT2D eigenvalue weighted by molar-refractivity contribution is -0.186. The van der Waals surface area contributed by atoms with Crippen molar-refractivity contribution in [3.63, 3.8) is 0 Å². The highest BCUT2D eigenvalue weighted by molar-refractivity contribution is 6.01. The van der Waals surface area contributed by atoms with E-state index in [1.165, 1.54) is 6.42 Å². The number of rotatable bonds is 6. The maximum atomic E-state index is 12.4. The van der Waals surface area contributed by atoms with E-state index in [4.69, 9.17) is 18.9 Å². The number of hydrogen-bond acceptors (Lipinski definition) is 7. The molecule has 0 bridgehead atoms. The van der Waals surface area contributed by atoms with E-state index in [0.717, 1.165) is 36.8 Å². The van der Waals surface area contributed by atoms with Crippen LogP contribution in [0.25, 0.3) is 0 Å². The molecule has 2 amide bonds. The van der Waals surface area contributed by atoms with Crippen molar-refractivity contribution in [1.82, 2.24) is 10.6 Å². The second kappa shape index (κ2) is 12.3. The van der Waals surface area contributed by atoms with E-state index in [9.17, 15) is 9.59 Å². The van der Waals surface area contributed by atoms with Gasteiger partial charge in [-0.3, -0.25) is 10.6 Å². The number of hydrogen-bond donors (Lipinski definition) is 2. The summed E-state index contributed by atoms with van der Waals surface area (Å²) < 4.78 is 22.6. The predicted octanol–water partition coefficient (Wildman–Crippen LogP) is 4.27. The largest absolute Gasteiger partial charge is 0.444 e. The fourth-order valence-corrected chi connectivity index (χ4v) is 4.07. The SMILES string of the molecule is O=C(NC(=NCC1COC2(CCCCC2)O1)NC(=O)OCc1ccccc1)OCc1ccccc1. The van der Waals surface area contributed by atoms with Gasteiger partial charge in [0.15, 0.2) is 5.79 Å². The van der Waals surface area contributed by atoms with Gasteiger partial charge in [0.2, 0.25) is 5.96 Å². The Balaban J connectivity index is 1.33. The Morgan fingerprint density at radius 2 is 1.40 bits per heavy atom. The van der Waals surface area contributed by atoms with E-state index >= 15 is 0 Å². The number of carbonyl (C=O) groups excluding carboxylic acids is 2.